The standard InChI is InChI=1S/C19H19FN2O3/c20-15-9-5-4-8-14(15)17(23)12-22-18(24)16(21-19(22)25)11-10-13-6-2-1-3-7-13/h1-9,16-17,23H,10-12H2,(H,21,25)/t16-,17-/m1/s1. The number of aliphatic hydroxyl groups excluding tert-OH is 1. The van der Waals surface area contributed by atoms with Crippen LogP contribution in [0.25, 0.3) is 0 Å². The topological polar surface area (TPSA) is 69.6 Å². The molecule has 2 N–H and O–H groups in total. The first-order valence-electron chi connectivity index (χ1n) is 8.14. The molecule has 2 atom stereocenters. The summed E-state index contributed by atoms with van der Waals surface area (Å²) in [6, 6.07) is 14.3. The Morgan fingerprint density at radius 2 is 1.76 bits per heavy atom. The third-order valence-electron chi connectivity index (χ3n) is 4.29. The van der Waals surface area contributed by atoms with Crippen LogP contribution in [0.4, 0.5) is 9.18 Å². The van der Waals surface area contributed by atoms with Gasteiger partial charge in [0, 0.05) is 5.56 Å². The Labute approximate surface area is 145 Å². The van der Waals surface area contributed by atoms with Gasteiger partial charge in [-0.15, -0.1) is 0 Å². The Morgan fingerprint density at radius 3 is 2.48 bits per heavy atom. The van der Waals surface area contributed by atoms with Crippen molar-refractivity contribution in [2.45, 2.75) is 25.0 Å². The number of urea groups is 1. The summed E-state index contributed by atoms with van der Waals surface area (Å²) in [5.41, 5.74) is 1.14. The maximum absolute atomic E-state index is 13.7. The largest absolute Gasteiger partial charge is 0.386 e. The lowest BCUT2D eigenvalue weighted by atomic mass is 10.0. The molecule has 25 heavy (non-hydrogen) atoms. The number of β-amino-alcohol motifs (C(OH)–C–C–N with tert-alkyl or cyclic N) is 1. The second-order valence-corrected chi connectivity index (χ2v) is 6.01. The number of halogens is 1. The predicted octanol–water partition coefficient (Wildman–Crippen LogP) is 2.41. The molecule has 2 aromatic carbocycles. The summed E-state index contributed by atoms with van der Waals surface area (Å²) < 4.78 is 13.7. The number of nitrogens with one attached hydrogen (secondary N) is 1. The summed E-state index contributed by atoms with van der Waals surface area (Å²) in [6.07, 6.45) is -0.133. The number of carbonyl (C=O) groups excluding carboxylic acids is 2. The lowest BCUT2D eigenvalue weighted by Crippen LogP contribution is -2.35. The van der Waals surface area contributed by atoms with Crippen LogP contribution in [0.1, 0.15) is 23.7 Å². The smallest absolute Gasteiger partial charge is 0.324 e. The molecular weight excluding hydrogens is 323 g/mol. The van der Waals surface area contributed by atoms with Gasteiger partial charge >= 0.3 is 6.03 Å². The van der Waals surface area contributed by atoms with Crippen molar-refractivity contribution >= 4 is 11.9 Å². The number of hydrogen-bond acceptors (Lipinski definition) is 3. The minimum atomic E-state index is -1.26. The second kappa shape index (κ2) is 7.44. The zero-order valence-corrected chi connectivity index (χ0v) is 13.6. The number of aliphatic hydroxyl groups is 1. The van der Waals surface area contributed by atoms with Crippen LogP contribution in [0.5, 0.6) is 0 Å². The molecule has 1 aliphatic heterocycles. The molecule has 6 heteroatoms. The first-order chi connectivity index (χ1) is 12.1. The van der Waals surface area contributed by atoms with E-state index >= 15 is 0 Å². The summed E-state index contributed by atoms with van der Waals surface area (Å²) in [6.45, 7) is -0.270. The van der Waals surface area contributed by atoms with Gasteiger partial charge in [0.1, 0.15) is 11.9 Å². The summed E-state index contributed by atoms with van der Waals surface area (Å²) >= 11 is 0. The molecule has 0 bridgehead atoms. The number of aryl methyl sites for hydroxylation is 1. The molecule has 0 radical (unpaired) electrons. The number of carbonyl (C=O) groups is 2. The third-order valence-corrected chi connectivity index (χ3v) is 4.29. The van der Waals surface area contributed by atoms with Gasteiger partial charge in [0.2, 0.25) is 0 Å². The van der Waals surface area contributed by atoms with Crippen molar-refractivity contribution in [3.05, 3.63) is 71.5 Å². The van der Waals surface area contributed by atoms with E-state index in [-0.39, 0.29) is 12.1 Å². The summed E-state index contributed by atoms with van der Waals surface area (Å²) in [4.78, 5) is 25.4. The van der Waals surface area contributed by atoms with Crippen LogP contribution in [-0.4, -0.2) is 34.5 Å². The van der Waals surface area contributed by atoms with Crippen molar-refractivity contribution in [3.8, 4) is 0 Å². The van der Waals surface area contributed by atoms with Crippen LogP contribution < -0.4 is 5.32 Å². The molecule has 0 aliphatic carbocycles. The number of imide groups is 1. The Hall–Kier alpha value is -2.73. The third kappa shape index (κ3) is 3.85. The zero-order chi connectivity index (χ0) is 17.8. The number of benzene rings is 2. The van der Waals surface area contributed by atoms with E-state index < -0.39 is 29.9 Å². The molecule has 3 rings (SSSR count). The van der Waals surface area contributed by atoms with Gasteiger partial charge in [0.25, 0.3) is 5.91 Å². The SMILES string of the molecule is O=C1N[C@H](CCc2ccccc2)C(=O)N1C[C@@H](O)c1ccccc1F. The van der Waals surface area contributed by atoms with Crippen LogP contribution in [0, 0.1) is 5.82 Å². The second-order valence-electron chi connectivity index (χ2n) is 6.01. The maximum atomic E-state index is 13.7. The van der Waals surface area contributed by atoms with E-state index in [1.54, 1.807) is 6.07 Å². The minimum absolute atomic E-state index is 0.0656. The van der Waals surface area contributed by atoms with Gasteiger partial charge < -0.3 is 10.4 Å². The van der Waals surface area contributed by atoms with Crippen LogP contribution in [-0.2, 0) is 11.2 Å². The molecule has 5 nitrogen and oxygen atoms in total. The molecule has 130 valence electrons. The zero-order valence-electron chi connectivity index (χ0n) is 13.6. The van der Waals surface area contributed by atoms with E-state index in [9.17, 15) is 19.1 Å². The van der Waals surface area contributed by atoms with E-state index in [1.807, 2.05) is 30.3 Å². The molecule has 1 aliphatic rings. The van der Waals surface area contributed by atoms with Gasteiger partial charge in [0.05, 0.1) is 12.6 Å². The van der Waals surface area contributed by atoms with Gasteiger partial charge in [-0.2, -0.15) is 0 Å². The van der Waals surface area contributed by atoms with Gasteiger partial charge in [-0.3, -0.25) is 9.69 Å². The minimum Gasteiger partial charge on any atom is -0.386 e. The molecule has 2 aromatic rings. The van der Waals surface area contributed by atoms with Crippen molar-refractivity contribution in [1.29, 1.82) is 0 Å². The molecule has 1 fully saturated rings. The van der Waals surface area contributed by atoms with E-state index in [0.717, 1.165) is 10.5 Å². The van der Waals surface area contributed by atoms with E-state index in [1.165, 1.54) is 18.2 Å². The molecule has 0 spiro atoms. The predicted molar refractivity (Wildman–Crippen MR) is 90.2 cm³/mol. The quantitative estimate of drug-likeness (QED) is 0.792. The van der Waals surface area contributed by atoms with Gasteiger partial charge in [-0.1, -0.05) is 48.5 Å². The molecule has 3 amide bonds. The highest BCUT2D eigenvalue weighted by atomic mass is 19.1. The van der Waals surface area contributed by atoms with Crippen molar-refractivity contribution in [2.24, 2.45) is 0 Å². The van der Waals surface area contributed by atoms with Crippen LogP contribution in [0.3, 0.4) is 0 Å². The average molecular weight is 342 g/mol. The fourth-order valence-electron chi connectivity index (χ4n) is 2.92. The van der Waals surface area contributed by atoms with Gasteiger partial charge in [0.15, 0.2) is 0 Å². The van der Waals surface area contributed by atoms with E-state index in [2.05, 4.69) is 5.32 Å². The number of rotatable bonds is 6. The molecule has 0 aromatic heterocycles. The first-order valence-corrected chi connectivity index (χ1v) is 8.14. The summed E-state index contributed by atoms with van der Waals surface area (Å²) in [5.74, 6) is -0.959. The molecule has 1 heterocycles. The highest BCUT2D eigenvalue weighted by Gasteiger charge is 2.38. The lowest BCUT2D eigenvalue weighted by molar-refractivity contribution is -0.128. The fourth-order valence-corrected chi connectivity index (χ4v) is 2.92. The maximum Gasteiger partial charge on any atom is 0.324 e. The Balaban J connectivity index is 1.62. The Kier molecular flexibility index (Phi) is 5.09. The fraction of sp³-hybridized carbons (Fsp3) is 0.263. The summed E-state index contributed by atoms with van der Waals surface area (Å²) in [5, 5.41) is 12.8. The monoisotopic (exact) mass is 342 g/mol. The van der Waals surface area contributed by atoms with E-state index in [4.69, 9.17) is 0 Å². The van der Waals surface area contributed by atoms with Crippen molar-refractivity contribution in [2.75, 3.05) is 6.54 Å². The van der Waals surface area contributed by atoms with Crippen molar-refractivity contribution in [3.63, 3.8) is 0 Å². The van der Waals surface area contributed by atoms with Crippen molar-refractivity contribution < 1.29 is 19.1 Å². The van der Waals surface area contributed by atoms with Gasteiger partial charge in [-0.25, -0.2) is 9.18 Å². The molecular formula is C19H19FN2O3. The molecule has 0 unspecified atom stereocenters. The summed E-state index contributed by atoms with van der Waals surface area (Å²) in [7, 11) is 0. The van der Waals surface area contributed by atoms with Crippen LogP contribution in [0.15, 0.2) is 54.6 Å². The van der Waals surface area contributed by atoms with Crippen molar-refractivity contribution in [1.82, 2.24) is 10.2 Å². The molecule has 1 saturated heterocycles. The van der Waals surface area contributed by atoms with Crippen LogP contribution in [0.2, 0.25) is 0 Å². The first kappa shape index (κ1) is 17.1. The highest BCUT2D eigenvalue weighted by Crippen LogP contribution is 2.21. The van der Waals surface area contributed by atoms with Gasteiger partial charge in [-0.05, 0) is 24.5 Å². The number of nitrogens with zero attached hydrogens (tertiary/aromatic N) is 1. The lowest BCUT2D eigenvalue weighted by Gasteiger charge is -2.18. The van der Waals surface area contributed by atoms with E-state index in [0.29, 0.717) is 12.8 Å². The Morgan fingerprint density at radius 1 is 1.08 bits per heavy atom. The molecule has 0 saturated carbocycles. The van der Waals surface area contributed by atoms with Crippen LogP contribution >= 0.6 is 0 Å². The average Bonchev–Trinajstić information content (AvgIpc) is 2.88. The Bertz CT molecular complexity index is 766. The number of hydrogen-bond donors (Lipinski definition) is 2. The number of amides is 3. The highest BCUT2D eigenvalue weighted by molar-refractivity contribution is 6.04. The normalized spacial score (nSPS) is 18.3.